The van der Waals surface area contributed by atoms with E-state index in [4.69, 9.17) is 4.74 Å². The van der Waals surface area contributed by atoms with Crippen molar-refractivity contribution in [1.29, 1.82) is 0 Å². The van der Waals surface area contributed by atoms with Crippen LogP contribution in [0.15, 0.2) is 41.3 Å². The second kappa shape index (κ2) is 6.80. The van der Waals surface area contributed by atoms with Gasteiger partial charge in [-0.1, -0.05) is 12.1 Å². The SMILES string of the molecule is COc1ccccc1N1CC[C@@H](NC(=O)c2c[nH]c(C)cc2=O)C1=O. The predicted molar refractivity (Wildman–Crippen MR) is 93.0 cm³/mol. The summed E-state index contributed by atoms with van der Waals surface area (Å²) in [6, 6.07) is 7.91. The molecule has 2 amide bonds. The van der Waals surface area contributed by atoms with Gasteiger partial charge >= 0.3 is 0 Å². The third-order valence-electron chi connectivity index (χ3n) is 4.19. The van der Waals surface area contributed by atoms with Crippen molar-refractivity contribution in [2.24, 2.45) is 0 Å². The van der Waals surface area contributed by atoms with Crippen molar-refractivity contribution in [2.75, 3.05) is 18.6 Å². The number of methoxy groups -OCH3 is 1. The van der Waals surface area contributed by atoms with Crippen molar-refractivity contribution >= 4 is 17.5 Å². The molecule has 1 aliphatic heterocycles. The number of nitrogens with one attached hydrogen (secondary N) is 2. The van der Waals surface area contributed by atoms with E-state index in [-0.39, 0.29) is 16.9 Å². The van der Waals surface area contributed by atoms with Crippen molar-refractivity contribution < 1.29 is 14.3 Å². The third kappa shape index (κ3) is 3.26. The molecule has 0 saturated carbocycles. The number of amides is 2. The summed E-state index contributed by atoms with van der Waals surface area (Å²) in [6.45, 7) is 2.20. The zero-order valence-corrected chi connectivity index (χ0v) is 14.0. The molecule has 2 aromatic rings. The minimum atomic E-state index is -0.668. The number of hydrogen-bond acceptors (Lipinski definition) is 4. The number of hydrogen-bond donors (Lipinski definition) is 2. The Morgan fingerprint density at radius 2 is 2.08 bits per heavy atom. The lowest BCUT2D eigenvalue weighted by Gasteiger charge is -2.19. The average molecular weight is 341 g/mol. The second-order valence-electron chi connectivity index (χ2n) is 5.87. The van der Waals surface area contributed by atoms with Gasteiger partial charge in [0.15, 0.2) is 5.43 Å². The van der Waals surface area contributed by atoms with Crippen molar-refractivity contribution in [3.05, 3.63) is 58.0 Å². The molecule has 7 nitrogen and oxygen atoms in total. The number of para-hydroxylation sites is 2. The van der Waals surface area contributed by atoms with Gasteiger partial charge in [-0.05, 0) is 25.5 Å². The summed E-state index contributed by atoms with van der Waals surface area (Å²) in [4.78, 5) is 41.3. The largest absolute Gasteiger partial charge is 0.495 e. The molecular weight excluding hydrogens is 322 g/mol. The van der Waals surface area contributed by atoms with Crippen LogP contribution in [-0.4, -0.2) is 36.5 Å². The van der Waals surface area contributed by atoms with Gasteiger partial charge in [-0.15, -0.1) is 0 Å². The molecular formula is C18H19N3O4. The standard InChI is InChI=1S/C18H19N3O4/c1-11-9-15(22)12(10-19-11)17(23)20-13-7-8-21(18(13)24)14-5-3-4-6-16(14)25-2/h3-6,9-10,13H,7-8H2,1-2H3,(H,19,22)(H,20,23)/t13-/m1/s1. The van der Waals surface area contributed by atoms with E-state index in [2.05, 4.69) is 10.3 Å². The maximum absolute atomic E-state index is 12.6. The molecule has 1 aromatic carbocycles. The van der Waals surface area contributed by atoms with Crippen LogP contribution in [0, 0.1) is 6.92 Å². The normalized spacial score (nSPS) is 16.8. The Hall–Kier alpha value is -3.09. The third-order valence-corrected chi connectivity index (χ3v) is 4.19. The first-order chi connectivity index (χ1) is 12.0. The quantitative estimate of drug-likeness (QED) is 0.875. The Balaban J connectivity index is 1.76. The van der Waals surface area contributed by atoms with Crippen LogP contribution in [0.1, 0.15) is 22.5 Å². The smallest absolute Gasteiger partial charge is 0.257 e. The lowest BCUT2D eigenvalue weighted by molar-refractivity contribution is -0.118. The maximum Gasteiger partial charge on any atom is 0.257 e. The molecule has 25 heavy (non-hydrogen) atoms. The Kier molecular flexibility index (Phi) is 4.56. The summed E-state index contributed by atoms with van der Waals surface area (Å²) in [6.07, 6.45) is 1.83. The number of carbonyl (C=O) groups is 2. The number of nitrogens with zero attached hydrogens (tertiary/aromatic N) is 1. The van der Waals surface area contributed by atoms with E-state index < -0.39 is 11.9 Å². The summed E-state index contributed by atoms with van der Waals surface area (Å²) < 4.78 is 5.29. The van der Waals surface area contributed by atoms with E-state index in [1.165, 1.54) is 12.3 Å². The van der Waals surface area contributed by atoms with Crippen LogP contribution in [0.25, 0.3) is 0 Å². The highest BCUT2D eigenvalue weighted by atomic mass is 16.5. The molecule has 7 heteroatoms. The van der Waals surface area contributed by atoms with Gasteiger partial charge in [0.1, 0.15) is 17.4 Å². The van der Waals surface area contributed by atoms with E-state index in [1.54, 1.807) is 31.1 Å². The number of anilines is 1. The van der Waals surface area contributed by atoms with Crippen LogP contribution < -0.4 is 20.4 Å². The fourth-order valence-electron chi connectivity index (χ4n) is 2.89. The highest BCUT2D eigenvalue weighted by Gasteiger charge is 2.35. The van der Waals surface area contributed by atoms with Crippen LogP contribution in [0.5, 0.6) is 5.75 Å². The molecule has 1 saturated heterocycles. The topological polar surface area (TPSA) is 91.5 Å². The van der Waals surface area contributed by atoms with Crippen LogP contribution in [0.2, 0.25) is 0 Å². The van der Waals surface area contributed by atoms with Gasteiger partial charge in [-0.2, -0.15) is 0 Å². The Labute approximate surface area is 144 Å². The fraction of sp³-hybridized carbons (Fsp3) is 0.278. The summed E-state index contributed by atoms with van der Waals surface area (Å²) in [5, 5.41) is 2.65. The second-order valence-corrected chi connectivity index (χ2v) is 5.87. The van der Waals surface area contributed by atoms with Gasteiger partial charge in [0.05, 0.1) is 12.8 Å². The zero-order valence-electron chi connectivity index (χ0n) is 14.0. The van der Waals surface area contributed by atoms with Crippen LogP contribution in [0.4, 0.5) is 5.69 Å². The van der Waals surface area contributed by atoms with Crippen molar-refractivity contribution in [1.82, 2.24) is 10.3 Å². The molecule has 0 radical (unpaired) electrons. The number of aromatic amines is 1. The zero-order chi connectivity index (χ0) is 18.0. The molecule has 1 aliphatic rings. The molecule has 3 rings (SSSR count). The van der Waals surface area contributed by atoms with Gasteiger partial charge in [0.2, 0.25) is 5.91 Å². The van der Waals surface area contributed by atoms with Crippen LogP contribution in [-0.2, 0) is 4.79 Å². The Morgan fingerprint density at radius 3 is 2.80 bits per heavy atom. The molecule has 1 aromatic heterocycles. The van der Waals surface area contributed by atoms with E-state index in [0.29, 0.717) is 30.1 Å². The van der Waals surface area contributed by atoms with Crippen molar-refractivity contribution in [3.63, 3.8) is 0 Å². The van der Waals surface area contributed by atoms with Gasteiger partial charge in [-0.25, -0.2) is 0 Å². The van der Waals surface area contributed by atoms with Gasteiger partial charge in [-0.3, -0.25) is 14.4 Å². The minimum Gasteiger partial charge on any atom is -0.495 e. The first-order valence-electron chi connectivity index (χ1n) is 7.96. The lowest BCUT2D eigenvalue weighted by Crippen LogP contribution is -2.42. The fourth-order valence-corrected chi connectivity index (χ4v) is 2.89. The molecule has 1 atom stereocenters. The summed E-state index contributed by atoms with van der Waals surface area (Å²) in [5.74, 6) is -0.180. The average Bonchev–Trinajstić information content (AvgIpc) is 2.95. The summed E-state index contributed by atoms with van der Waals surface area (Å²) >= 11 is 0. The number of aryl methyl sites for hydroxylation is 1. The molecule has 2 heterocycles. The number of carbonyl (C=O) groups excluding carboxylic acids is 2. The van der Waals surface area contributed by atoms with Crippen molar-refractivity contribution in [2.45, 2.75) is 19.4 Å². The summed E-state index contributed by atoms with van der Waals surface area (Å²) in [7, 11) is 1.54. The first-order valence-corrected chi connectivity index (χ1v) is 7.96. The van der Waals surface area contributed by atoms with Crippen LogP contribution >= 0.6 is 0 Å². The number of pyridine rings is 1. The number of H-pyrrole nitrogens is 1. The molecule has 130 valence electrons. The van der Waals surface area contributed by atoms with E-state index in [9.17, 15) is 14.4 Å². The number of benzene rings is 1. The molecule has 0 bridgehead atoms. The highest BCUT2D eigenvalue weighted by molar-refractivity contribution is 6.04. The van der Waals surface area contributed by atoms with Gasteiger partial charge < -0.3 is 19.9 Å². The lowest BCUT2D eigenvalue weighted by atomic mass is 10.2. The molecule has 1 fully saturated rings. The Morgan fingerprint density at radius 1 is 1.32 bits per heavy atom. The van der Waals surface area contributed by atoms with Gasteiger partial charge in [0, 0.05) is 24.5 Å². The molecule has 0 unspecified atom stereocenters. The molecule has 2 N–H and O–H groups in total. The molecule has 0 spiro atoms. The number of ether oxygens (including phenoxy) is 1. The van der Waals surface area contributed by atoms with E-state index >= 15 is 0 Å². The van der Waals surface area contributed by atoms with E-state index in [1.807, 2.05) is 12.1 Å². The van der Waals surface area contributed by atoms with Crippen molar-refractivity contribution in [3.8, 4) is 5.75 Å². The monoisotopic (exact) mass is 341 g/mol. The first kappa shape index (κ1) is 16.8. The minimum absolute atomic E-state index is 0.00542. The predicted octanol–water partition coefficient (Wildman–Crippen LogP) is 1.23. The summed E-state index contributed by atoms with van der Waals surface area (Å²) in [5.41, 5.74) is 0.954. The van der Waals surface area contributed by atoms with E-state index in [0.717, 1.165) is 0 Å². The van der Waals surface area contributed by atoms with Crippen LogP contribution in [0.3, 0.4) is 0 Å². The van der Waals surface area contributed by atoms with Gasteiger partial charge in [0.25, 0.3) is 5.91 Å². The number of rotatable bonds is 4. The maximum atomic E-state index is 12.6. The highest BCUT2D eigenvalue weighted by Crippen LogP contribution is 2.31. The number of aromatic nitrogens is 1. The molecule has 0 aliphatic carbocycles. The Bertz CT molecular complexity index is 875.